The molecule has 1 rings (SSSR count). The van der Waals surface area contributed by atoms with Crippen molar-refractivity contribution in [1.82, 2.24) is 15.6 Å². The zero-order chi connectivity index (χ0) is 16.6. The monoisotopic (exact) mass is 327 g/mol. The van der Waals surface area contributed by atoms with E-state index < -0.39 is 0 Å². The zero-order valence-electron chi connectivity index (χ0n) is 13.8. The Morgan fingerprint density at radius 3 is 2.82 bits per heavy atom. The van der Waals surface area contributed by atoms with E-state index in [2.05, 4.69) is 29.5 Å². The number of rotatable bonds is 9. The molecule has 6 heteroatoms. The second kappa shape index (κ2) is 8.96. The summed E-state index contributed by atoms with van der Waals surface area (Å²) in [4.78, 5) is 15.9. The maximum Gasteiger partial charge on any atom is 0.233 e. The highest BCUT2D eigenvalue weighted by atomic mass is 35.5. The van der Waals surface area contributed by atoms with Crippen LogP contribution in [0.1, 0.15) is 34.1 Å². The summed E-state index contributed by atoms with van der Waals surface area (Å²) in [5.74, 6) is 0.843. The van der Waals surface area contributed by atoms with Gasteiger partial charge < -0.3 is 10.1 Å². The third kappa shape index (κ3) is 6.62. The Bertz CT molecular complexity index is 482. The van der Waals surface area contributed by atoms with E-state index in [0.717, 1.165) is 6.42 Å². The molecule has 0 aromatic carbocycles. The molecule has 2 N–H and O–H groups in total. The van der Waals surface area contributed by atoms with Gasteiger partial charge in [0.15, 0.2) is 0 Å². The van der Waals surface area contributed by atoms with Crippen LogP contribution >= 0.6 is 11.6 Å². The molecule has 22 heavy (non-hydrogen) atoms. The van der Waals surface area contributed by atoms with Gasteiger partial charge in [-0.1, -0.05) is 32.4 Å². The number of hydrogen-bond donors (Lipinski definition) is 2. The normalized spacial score (nSPS) is 13.7. The summed E-state index contributed by atoms with van der Waals surface area (Å²) < 4.78 is 5.69. The number of nitrogens with zero attached hydrogens (tertiary/aromatic N) is 1. The average molecular weight is 328 g/mol. The minimum atomic E-state index is -0.323. The minimum Gasteiger partial charge on any atom is -0.475 e. The number of hydrogen-bond acceptors (Lipinski definition) is 4. The summed E-state index contributed by atoms with van der Waals surface area (Å²) in [5.41, 5.74) is -0.323. The molecule has 0 bridgehead atoms. The summed E-state index contributed by atoms with van der Waals surface area (Å²) in [7, 11) is 0. The van der Waals surface area contributed by atoms with Crippen molar-refractivity contribution in [2.24, 2.45) is 5.92 Å². The van der Waals surface area contributed by atoms with Crippen LogP contribution in [-0.2, 0) is 4.79 Å². The molecule has 0 spiro atoms. The number of amides is 1. The Labute approximate surface area is 137 Å². The molecule has 0 radical (unpaired) electrons. The molecule has 1 aromatic rings. The molecule has 0 aliphatic heterocycles. The van der Waals surface area contributed by atoms with Gasteiger partial charge in [0.05, 0.1) is 6.54 Å². The second-order valence-electron chi connectivity index (χ2n) is 6.04. The number of carbonyl (C=O) groups excluding carboxylic acids is 1. The third-order valence-electron chi connectivity index (χ3n) is 3.42. The van der Waals surface area contributed by atoms with Crippen molar-refractivity contribution >= 4 is 17.5 Å². The lowest BCUT2D eigenvalue weighted by Gasteiger charge is -2.29. The first-order chi connectivity index (χ1) is 10.4. The zero-order valence-corrected chi connectivity index (χ0v) is 14.5. The second-order valence-corrected chi connectivity index (χ2v) is 6.45. The number of halogens is 1. The smallest absolute Gasteiger partial charge is 0.233 e. The van der Waals surface area contributed by atoms with E-state index >= 15 is 0 Å². The maximum absolute atomic E-state index is 11.8. The van der Waals surface area contributed by atoms with Crippen LogP contribution in [0.25, 0.3) is 0 Å². The quantitative estimate of drug-likeness (QED) is 0.732. The average Bonchev–Trinajstić information content (AvgIpc) is 2.50. The molecule has 0 fully saturated rings. The van der Waals surface area contributed by atoms with E-state index in [-0.39, 0.29) is 18.0 Å². The highest BCUT2D eigenvalue weighted by molar-refractivity contribution is 6.31. The molecule has 124 valence electrons. The maximum atomic E-state index is 11.8. The standard InChI is InChI=1S/C16H26ClN3O2/c1-5-16(4,20-10-14(21)19-9-12(2)3)11-22-15-13(17)7-6-8-18-15/h6-8,12,20H,5,9-11H2,1-4H3,(H,19,21). The molecule has 0 aliphatic carbocycles. The van der Waals surface area contributed by atoms with Crippen molar-refractivity contribution in [2.45, 2.75) is 39.7 Å². The van der Waals surface area contributed by atoms with Crippen LogP contribution in [0.15, 0.2) is 18.3 Å². The molecule has 1 amide bonds. The largest absolute Gasteiger partial charge is 0.475 e. The van der Waals surface area contributed by atoms with Crippen LogP contribution in [0.4, 0.5) is 0 Å². The molecule has 1 heterocycles. The van der Waals surface area contributed by atoms with Gasteiger partial charge in [-0.15, -0.1) is 0 Å². The lowest BCUT2D eigenvalue weighted by molar-refractivity contribution is -0.120. The van der Waals surface area contributed by atoms with Crippen molar-refractivity contribution < 1.29 is 9.53 Å². The van der Waals surface area contributed by atoms with Crippen LogP contribution in [0.2, 0.25) is 5.02 Å². The SMILES string of the molecule is CCC(C)(COc1ncccc1Cl)NCC(=O)NCC(C)C. The van der Waals surface area contributed by atoms with E-state index in [9.17, 15) is 4.79 Å². The van der Waals surface area contributed by atoms with Crippen molar-refractivity contribution in [3.8, 4) is 5.88 Å². The molecule has 1 unspecified atom stereocenters. The van der Waals surface area contributed by atoms with Crippen LogP contribution in [-0.4, -0.2) is 36.1 Å². The van der Waals surface area contributed by atoms with Crippen molar-refractivity contribution in [3.05, 3.63) is 23.4 Å². The predicted octanol–water partition coefficient (Wildman–Crippen LogP) is 2.64. The van der Waals surface area contributed by atoms with Gasteiger partial charge in [0.1, 0.15) is 11.6 Å². The first-order valence-corrected chi connectivity index (χ1v) is 7.99. The fourth-order valence-electron chi connectivity index (χ4n) is 1.66. The fraction of sp³-hybridized carbons (Fsp3) is 0.625. The van der Waals surface area contributed by atoms with Crippen LogP contribution < -0.4 is 15.4 Å². The Balaban J connectivity index is 2.47. The summed E-state index contributed by atoms with van der Waals surface area (Å²) in [6.45, 7) is 9.52. The van der Waals surface area contributed by atoms with Gasteiger partial charge in [0.2, 0.25) is 11.8 Å². The van der Waals surface area contributed by atoms with E-state index in [0.29, 0.717) is 30.0 Å². The summed E-state index contributed by atoms with van der Waals surface area (Å²) >= 11 is 6.02. The van der Waals surface area contributed by atoms with E-state index in [4.69, 9.17) is 16.3 Å². The third-order valence-corrected chi connectivity index (χ3v) is 3.70. The highest BCUT2D eigenvalue weighted by Gasteiger charge is 2.24. The van der Waals surface area contributed by atoms with Crippen LogP contribution in [0, 0.1) is 5.92 Å². The minimum absolute atomic E-state index is 0.00996. The number of pyridine rings is 1. The topological polar surface area (TPSA) is 63.2 Å². The predicted molar refractivity (Wildman–Crippen MR) is 89.3 cm³/mol. The van der Waals surface area contributed by atoms with E-state index in [1.54, 1.807) is 18.3 Å². The summed E-state index contributed by atoms with van der Waals surface area (Å²) in [6, 6.07) is 3.49. The number of ether oxygens (including phenoxy) is 1. The molecule has 0 saturated heterocycles. The van der Waals surface area contributed by atoms with Gasteiger partial charge in [-0.25, -0.2) is 4.98 Å². The number of nitrogens with one attached hydrogen (secondary N) is 2. The van der Waals surface area contributed by atoms with Crippen LogP contribution in [0.5, 0.6) is 5.88 Å². The summed E-state index contributed by atoms with van der Waals surface area (Å²) in [6.07, 6.45) is 2.45. The lowest BCUT2D eigenvalue weighted by Crippen LogP contribution is -2.51. The molecule has 1 atom stereocenters. The number of aromatic nitrogens is 1. The van der Waals surface area contributed by atoms with Crippen molar-refractivity contribution in [1.29, 1.82) is 0 Å². The lowest BCUT2D eigenvalue weighted by atomic mass is 10.0. The van der Waals surface area contributed by atoms with Crippen LogP contribution in [0.3, 0.4) is 0 Å². The van der Waals surface area contributed by atoms with E-state index in [1.165, 1.54) is 0 Å². The molecular formula is C16H26ClN3O2. The molecular weight excluding hydrogens is 302 g/mol. The fourth-order valence-corrected chi connectivity index (χ4v) is 1.83. The van der Waals surface area contributed by atoms with Gasteiger partial charge in [0, 0.05) is 18.3 Å². The van der Waals surface area contributed by atoms with Gasteiger partial charge in [-0.2, -0.15) is 0 Å². The Morgan fingerprint density at radius 2 is 2.23 bits per heavy atom. The first kappa shape index (κ1) is 18.7. The Morgan fingerprint density at radius 1 is 1.50 bits per heavy atom. The highest BCUT2D eigenvalue weighted by Crippen LogP contribution is 2.21. The Hall–Kier alpha value is -1.33. The Kier molecular flexibility index (Phi) is 7.62. The van der Waals surface area contributed by atoms with Gasteiger partial charge in [-0.05, 0) is 31.4 Å². The van der Waals surface area contributed by atoms with E-state index in [1.807, 2.05) is 13.8 Å². The molecule has 1 aromatic heterocycles. The summed E-state index contributed by atoms with van der Waals surface area (Å²) in [5, 5.41) is 6.62. The van der Waals surface area contributed by atoms with Crippen molar-refractivity contribution in [3.63, 3.8) is 0 Å². The molecule has 0 saturated carbocycles. The van der Waals surface area contributed by atoms with Gasteiger partial charge in [0.25, 0.3) is 0 Å². The number of carbonyl (C=O) groups is 1. The van der Waals surface area contributed by atoms with Gasteiger partial charge in [-0.3, -0.25) is 10.1 Å². The first-order valence-electron chi connectivity index (χ1n) is 7.61. The van der Waals surface area contributed by atoms with Crippen molar-refractivity contribution in [2.75, 3.05) is 19.7 Å². The van der Waals surface area contributed by atoms with Gasteiger partial charge >= 0.3 is 0 Å². The molecule has 5 nitrogen and oxygen atoms in total. The molecule has 0 aliphatic rings.